The number of carbonyl (C=O) groups is 2. The van der Waals surface area contributed by atoms with Crippen molar-refractivity contribution in [2.45, 2.75) is 64.1 Å². The molecule has 112 valence electrons. The summed E-state index contributed by atoms with van der Waals surface area (Å²) in [5, 5.41) is 0. The molecule has 1 saturated carbocycles. The zero-order valence-electron chi connectivity index (χ0n) is 14.1. The van der Waals surface area contributed by atoms with Gasteiger partial charge in [-0.3, -0.25) is 9.59 Å². The largest absolute Gasteiger partial charge is 1.00 e. The third-order valence-electron chi connectivity index (χ3n) is 3.46. The minimum absolute atomic E-state index is 0. The maximum atomic E-state index is 12.1. The van der Waals surface area contributed by atoms with Crippen LogP contribution in [-0.4, -0.2) is 30.2 Å². The van der Waals surface area contributed by atoms with Crippen molar-refractivity contribution in [2.24, 2.45) is 11.7 Å². The molecule has 0 spiro atoms. The van der Waals surface area contributed by atoms with Crippen LogP contribution < -0.4 is 35.3 Å². The van der Waals surface area contributed by atoms with Gasteiger partial charge in [-0.2, -0.15) is 0 Å². The zero-order chi connectivity index (χ0) is 14.5. The summed E-state index contributed by atoms with van der Waals surface area (Å²) in [5.41, 5.74) is 4.63. The molecular weight excluding hydrogens is 269 g/mol. The van der Waals surface area contributed by atoms with Gasteiger partial charge in [-0.25, -0.2) is 0 Å². The Labute approximate surface area is 144 Å². The van der Waals surface area contributed by atoms with Gasteiger partial charge in [0.1, 0.15) is 11.2 Å². The fraction of sp³-hybridized carbons (Fsp3) is 0.857. The third kappa shape index (κ3) is 6.12. The number of hydrogen-bond acceptors (Lipinski definition) is 5. The Kier molecular flexibility index (Phi) is 8.33. The Morgan fingerprint density at radius 1 is 1.40 bits per heavy atom. The van der Waals surface area contributed by atoms with Crippen LogP contribution >= 0.6 is 0 Å². The standard InChI is InChI=1S/C14H25NO4.Na.H/c1-13(2,3)19-12(17)11(9-15)8-14(18-10-16)6-4-5-7-14;;/h10-11H,4-9,15H2,1-3H3;;/q;+1;-1/t11-;;/m0../s1. The molecule has 0 aromatic heterocycles. The monoisotopic (exact) mass is 295 g/mol. The Balaban J connectivity index is 0. The van der Waals surface area contributed by atoms with E-state index in [2.05, 4.69) is 0 Å². The SMILES string of the molecule is CC(C)(C)OC(=O)[C@H](CN)CC1(OC=O)CCCC1.[H-].[Na+]. The number of esters is 1. The predicted octanol–water partition coefficient (Wildman–Crippen LogP) is -1.10. The van der Waals surface area contributed by atoms with Gasteiger partial charge in [-0.15, -0.1) is 0 Å². The zero-order valence-corrected chi connectivity index (χ0v) is 15.1. The summed E-state index contributed by atoms with van der Waals surface area (Å²) in [6.45, 7) is 6.16. The normalized spacial score (nSPS) is 18.8. The molecule has 0 radical (unpaired) electrons. The topological polar surface area (TPSA) is 78.6 Å². The van der Waals surface area contributed by atoms with Crippen LogP contribution in [0.1, 0.15) is 54.3 Å². The van der Waals surface area contributed by atoms with E-state index in [-0.39, 0.29) is 43.5 Å². The van der Waals surface area contributed by atoms with Crippen LogP contribution in [0.15, 0.2) is 0 Å². The average molecular weight is 295 g/mol. The maximum absolute atomic E-state index is 12.1. The molecule has 1 aliphatic rings. The van der Waals surface area contributed by atoms with Crippen LogP contribution in [0.5, 0.6) is 0 Å². The molecule has 20 heavy (non-hydrogen) atoms. The van der Waals surface area contributed by atoms with E-state index in [4.69, 9.17) is 15.2 Å². The Morgan fingerprint density at radius 3 is 2.35 bits per heavy atom. The number of hydrogen-bond donors (Lipinski definition) is 1. The van der Waals surface area contributed by atoms with Crippen molar-refractivity contribution in [3.63, 3.8) is 0 Å². The van der Waals surface area contributed by atoms with E-state index in [1.54, 1.807) is 0 Å². The van der Waals surface area contributed by atoms with E-state index in [1.807, 2.05) is 20.8 Å². The van der Waals surface area contributed by atoms with E-state index in [0.717, 1.165) is 25.7 Å². The van der Waals surface area contributed by atoms with Crippen molar-refractivity contribution in [2.75, 3.05) is 6.54 Å². The summed E-state index contributed by atoms with van der Waals surface area (Å²) in [6, 6.07) is 0. The van der Waals surface area contributed by atoms with Crippen LogP contribution in [0.2, 0.25) is 0 Å². The van der Waals surface area contributed by atoms with Gasteiger partial charge in [-0.05, 0) is 46.5 Å². The van der Waals surface area contributed by atoms with Crippen molar-refractivity contribution in [1.82, 2.24) is 0 Å². The van der Waals surface area contributed by atoms with Gasteiger partial charge in [-0.1, -0.05) is 0 Å². The molecule has 0 amide bonds. The third-order valence-corrected chi connectivity index (χ3v) is 3.46. The van der Waals surface area contributed by atoms with Crippen LogP contribution in [0.25, 0.3) is 0 Å². The first kappa shape index (κ1) is 19.9. The molecular formula is C14H26NNaO4. The molecule has 0 unspecified atom stereocenters. The predicted molar refractivity (Wildman–Crippen MR) is 72.5 cm³/mol. The van der Waals surface area contributed by atoms with Crippen LogP contribution in [0.4, 0.5) is 0 Å². The molecule has 0 aliphatic heterocycles. The average Bonchev–Trinajstić information content (AvgIpc) is 2.73. The van der Waals surface area contributed by atoms with Gasteiger partial charge >= 0.3 is 35.5 Å². The van der Waals surface area contributed by atoms with Crippen molar-refractivity contribution in [3.8, 4) is 0 Å². The molecule has 5 nitrogen and oxygen atoms in total. The quantitative estimate of drug-likeness (QED) is 0.382. The molecule has 0 saturated heterocycles. The summed E-state index contributed by atoms with van der Waals surface area (Å²) in [5.74, 6) is -0.729. The van der Waals surface area contributed by atoms with E-state index in [9.17, 15) is 9.59 Å². The summed E-state index contributed by atoms with van der Waals surface area (Å²) in [7, 11) is 0. The van der Waals surface area contributed by atoms with E-state index >= 15 is 0 Å². The van der Waals surface area contributed by atoms with E-state index in [0.29, 0.717) is 12.9 Å². The number of nitrogens with two attached hydrogens (primary N) is 1. The summed E-state index contributed by atoms with van der Waals surface area (Å²) >= 11 is 0. The van der Waals surface area contributed by atoms with Crippen LogP contribution in [0.3, 0.4) is 0 Å². The van der Waals surface area contributed by atoms with Crippen molar-refractivity contribution < 1.29 is 50.0 Å². The van der Waals surface area contributed by atoms with Crippen molar-refractivity contribution >= 4 is 12.4 Å². The molecule has 0 heterocycles. The van der Waals surface area contributed by atoms with Gasteiger partial charge in [0.15, 0.2) is 0 Å². The Hall–Kier alpha value is -0.100. The van der Waals surface area contributed by atoms with Crippen molar-refractivity contribution in [1.29, 1.82) is 0 Å². The fourth-order valence-corrected chi connectivity index (χ4v) is 2.59. The molecule has 6 heteroatoms. The number of rotatable bonds is 6. The molecule has 0 aromatic rings. The number of ether oxygens (including phenoxy) is 2. The minimum atomic E-state index is -0.529. The summed E-state index contributed by atoms with van der Waals surface area (Å²) in [6.07, 6.45) is 4.08. The second-order valence-corrected chi connectivity index (χ2v) is 6.27. The molecule has 1 fully saturated rings. The van der Waals surface area contributed by atoms with Gasteiger partial charge in [0.05, 0.1) is 5.92 Å². The second-order valence-electron chi connectivity index (χ2n) is 6.27. The molecule has 0 aromatic carbocycles. The Morgan fingerprint density at radius 2 is 1.95 bits per heavy atom. The fourth-order valence-electron chi connectivity index (χ4n) is 2.59. The summed E-state index contributed by atoms with van der Waals surface area (Å²) < 4.78 is 10.6. The van der Waals surface area contributed by atoms with E-state index < -0.39 is 17.1 Å². The Bertz CT molecular complexity index is 327. The summed E-state index contributed by atoms with van der Waals surface area (Å²) in [4.78, 5) is 22.7. The van der Waals surface area contributed by atoms with Gasteiger partial charge in [0.25, 0.3) is 6.47 Å². The molecule has 1 rings (SSSR count). The van der Waals surface area contributed by atoms with Crippen LogP contribution in [-0.2, 0) is 19.1 Å². The van der Waals surface area contributed by atoms with Gasteiger partial charge < -0.3 is 16.6 Å². The maximum Gasteiger partial charge on any atom is 1.00 e. The van der Waals surface area contributed by atoms with Crippen molar-refractivity contribution in [3.05, 3.63) is 0 Å². The molecule has 0 bridgehead atoms. The molecule has 1 aliphatic carbocycles. The first-order valence-corrected chi connectivity index (χ1v) is 6.86. The van der Waals surface area contributed by atoms with E-state index in [1.165, 1.54) is 0 Å². The van der Waals surface area contributed by atoms with Gasteiger partial charge in [0, 0.05) is 13.0 Å². The van der Waals surface area contributed by atoms with Crippen LogP contribution in [0, 0.1) is 5.92 Å². The number of carbonyl (C=O) groups excluding carboxylic acids is 2. The molecule has 2 N–H and O–H groups in total. The first-order valence-electron chi connectivity index (χ1n) is 6.86. The minimum Gasteiger partial charge on any atom is -1.00 e. The van der Waals surface area contributed by atoms with Gasteiger partial charge in [0.2, 0.25) is 0 Å². The smallest absolute Gasteiger partial charge is 1.00 e. The second kappa shape index (κ2) is 8.37. The molecule has 1 atom stereocenters. The first-order chi connectivity index (χ1) is 8.82.